The van der Waals surface area contributed by atoms with Crippen molar-refractivity contribution in [3.8, 4) is 0 Å². The fourth-order valence-corrected chi connectivity index (χ4v) is 3.59. The first-order valence-electron chi connectivity index (χ1n) is 9.55. The van der Waals surface area contributed by atoms with Gasteiger partial charge < -0.3 is 9.88 Å². The predicted molar refractivity (Wildman–Crippen MR) is 109 cm³/mol. The van der Waals surface area contributed by atoms with Crippen LogP contribution in [0.25, 0.3) is 0 Å². The maximum atomic E-state index is 12.4. The number of benzene rings is 1. The van der Waals surface area contributed by atoms with Crippen molar-refractivity contribution in [2.24, 2.45) is 0 Å². The van der Waals surface area contributed by atoms with Gasteiger partial charge in [0.25, 0.3) is 0 Å². The number of carbonyl (C=O) groups excluding carboxylic acids is 1. The second kappa shape index (κ2) is 9.25. The molecule has 1 N–H and O–H groups in total. The molecular formula is C19H28N6OS. The molecule has 7 nitrogen and oxygen atoms in total. The number of piperazine rings is 1. The van der Waals surface area contributed by atoms with Gasteiger partial charge in [-0.25, -0.2) is 4.68 Å². The van der Waals surface area contributed by atoms with Gasteiger partial charge in [0, 0.05) is 38.4 Å². The molecule has 1 saturated heterocycles. The van der Waals surface area contributed by atoms with Crippen LogP contribution in [0.15, 0.2) is 30.6 Å². The molecule has 1 aromatic carbocycles. The summed E-state index contributed by atoms with van der Waals surface area (Å²) in [5.74, 6) is 0.0493. The molecule has 1 aliphatic rings. The zero-order chi connectivity index (χ0) is 19.2. The number of amides is 1. The van der Waals surface area contributed by atoms with E-state index >= 15 is 0 Å². The van der Waals surface area contributed by atoms with Crippen molar-refractivity contribution in [2.45, 2.75) is 33.5 Å². The van der Waals surface area contributed by atoms with Crippen LogP contribution in [0.3, 0.4) is 0 Å². The molecule has 3 rings (SSSR count). The van der Waals surface area contributed by atoms with Crippen molar-refractivity contribution in [2.75, 3.05) is 38.0 Å². The molecule has 0 saturated carbocycles. The van der Waals surface area contributed by atoms with E-state index in [0.29, 0.717) is 13.2 Å². The summed E-state index contributed by atoms with van der Waals surface area (Å²) in [6.07, 6.45) is 2.70. The topological polar surface area (TPSA) is 58.3 Å². The molecule has 1 fully saturated rings. The maximum Gasteiger partial charge on any atom is 0.238 e. The van der Waals surface area contributed by atoms with Crippen LogP contribution in [0.5, 0.6) is 0 Å². The number of nitrogens with one attached hydrogen (secondary N) is 1. The molecule has 0 unspecified atom stereocenters. The van der Waals surface area contributed by atoms with Crippen LogP contribution in [-0.2, 0) is 24.4 Å². The number of aromatic nitrogens is 3. The molecule has 0 atom stereocenters. The van der Waals surface area contributed by atoms with E-state index in [1.54, 1.807) is 6.33 Å². The number of aryl methyl sites for hydroxylation is 2. The smallest absolute Gasteiger partial charge is 0.238 e. The van der Waals surface area contributed by atoms with Crippen molar-refractivity contribution >= 4 is 23.8 Å². The highest BCUT2D eigenvalue weighted by molar-refractivity contribution is 7.71. The summed E-state index contributed by atoms with van der Waals surface area (Å²) in [6, 6.07) is 7.98. The minimum Gasteiger partial charge on any atom is -0.325 e. The average Bonchev–Trinajstić information content (AvgIpc) is 3.03. The molecule has 1 aromatic heterocycles. The average molecular weight is 389 g/mol. The fraction of sp³-hybridized carbons (Fsp3) is 0.526. The van der Waals surface area contributed by atoms with Gasteiger partial charge in [0.1, 0.15) is 6.33 Å². The van der Waals surface area contributed by atoms with Crippen molar-refractivity contribution in [1.29, 1.82) is 0 Å². The first-order valence-corrected chi connectivity index (χ1v) is 9.96. The van der Waals surface area contributed by atoms with E-state index in [0.717, 1.165) is 49.6 Å². The highest BCUT2D eigenvalue weighted by Gasteiger charge is 2.20. The van der Waals surface area contributed by atoms with Crippen LogP contribution in [-0.4, -0.2) is 62.8 Å². The standard InChI is InChI=1S/C19H28N6OS/c1-3-16-7-5-6-8-17(16)21-18(26)13-22-9-11-23(12-10-22)15-25-19(27)24(4-2)14-20-25/h5-8,14H,3-4,9-13,15H2,1-2H3,(H,21,26). The van der Waals surface area contributed by atoms with Crippen molar-refractivity contribution in [3.63, 3.8) is 0 Å². The number of hydrogen-bond donors (Lipinski definition) is 1. The Labute approximate surface area is 165 Å². The highest BCUT2D eigenvalue weighted by Crippen LogP contribution is 2.15. The third-order valence-electron chi connectivity index (χ3n) is 4.98. The number of rotatable bonds is 7. The lowest BCUT2D eigenvalue weighted by Gasteiger charge is -2.34. The minimum absolute atomic E-state index is 0.0493. The Balaban J connectivity index is 1.47. The molecule has 0 aliphatic carbocycles. The second-order valence-corrected chi connectivity index (χ2v) is 7.16. The van der Waals surface area contributed by atoms with Crippen LogP contribution in [0.4, 0.5) is 5.69 Å². The van der Waals surface area contributed by atoms with E-state index in [4.69, 9.17) is 12.2 Å². The van der Waals surface area contributed by atoms with Crippen LogP contribution in [0.2, 0.25) is 0 Å². The van der Waals surface area contributed by atoms with Gasteiger partial charge in [-0.05, 0) is 37.2 Å². The minimum atomic E-state index is 0.0493. The largest absolute Gasteiger partial charge is 0.325 e. The Hall–Kier alpha value is -2.03. The van der Waals surface area contributed by atoms with Gasteiger partial charge in [-0.15, -0.1) is 0 Å². The summed E-state index contributed by atoms with van der Waals surface area (Å²) in [6.45, 7) is 9.66. The number of nitrogens with zero attached hydrogens (tertiary/aromatic N) is 5. The molecule has 1 amide bonds. The third kappa shape index (κ3) is 5.03. The lowest BCUT2D eigenvalue weighted by molar-refractivity contribution is -0.117. The molecule has 0 spiro atoms. The molecule has 1 aliphatic heterocycles. The first kappa shape index (κ1) is 19.7. The van der Waals surface area contributed by atoms with Gasteiger partial charge in [0.2, 0.25) is 5.91 Å². The quantitative estimate of drug-likeness (QED) is 0.737. The van der Waals surface area contributed by atoms with Gasteiger partial charge in [-0.2, -0.15) is 5.10 Å². The SMILES string of the molecule is CCc1ccccc1NC(=O)CN1CCN(Cn2ncn(CC)c2=S)CC1. The van der Waals surface area contributed by atoms with Crippen molar-refractivity contribution in [3.05, 3.63) is 40.9 Å². The van der Waals surface area contributed by atoms with E-state index in [1.807, 2.05) is 27.4 Å². The maximum absolute atomic E-state index is 12.4. The molecular weight excluding hydrogens is 360 g/mol. The van der Waals surface area contributed by atoms with Crippen LogP contribution >= 0.6 is 12.2 Å². The Morgan fingerprint density at radius 3 is 2.52 bits per heavy atom. The number of para-hydroxylation sites is 1. The number of carbonyl (C=O) groups is 1. The molecule has 0 bridgehead atoms. The molecule has 146 valence electrons. The molecule has 27 heavy (non-hydrogen) atoms. The summed E-state index contributed by atoms with van der Waals surface area (Å²) >= 11 is 5.43. The third-order valence-corrected chi connectivity index (χ3v) is 5.42. The zero-order valence-corrected chi connectivity index (χ0v) is 16.9. The van der Waals surface area contributed by atoms with E-state index in [9.17, 15) is 4.79 Å². The normalized spacial score (nSPS) is 15.8. The Kier molecular flexibility index (Phi) is 6.76. The van der Waals surface area contributed by atoms with Gasteiger partial charge in [-0.1, -0.05) is 25.1 Å². The number of anilines is 1. The highest BCUT2D eigenvalue weighted by atomic mass is 32.1. The Morgan fingerprint density at radius 1 is 1.15 bits per heavy atom. The van der Waals surface area contributed by atoms with E-state index in [2.05, 4.69) is 40.1 Å². The van der Waals surface area contributed by atoms with Crippen molar-refractivity contribution < 1.29 is 4.79 Å². The summed E-state index contributed by atoms with van der Waals surface area (Å²) in [7, 11) is 0. The zero-order valence-electron chi connectivity index (χ0n) is 16.1. The molecule has 8 heteroatoms. The van der Waals surface area contributed by atoms with Crippen LogP contribution in [0.1, 0.15) is 19.4 Å². The first-order chi connectivity index (χ1) is 13.1. The fourth-order valence-electron chi connectivity index (χ4n) is 3.31. The van der Waals surface area contributed by atoms with E-state index in [-0.39, 0.29) is 5.91 Å². The summed E-state index contributed by atoms with van der Waals surface area (Å²) < 4.78 is 4.58. The van der Waals surface area contributed by atoms with Gasteiger partial charge in [-0.3, -0.25) is 14.6 Å². The predicted octanol–water partition coefficient (Wildman–Crippen LogP) is 2.21. The lowest BCUT2D eigenvalue weighted by Crippen LogP contribution is -2.49. The number of hydrogen-bond acceptors (Lipinski definition) is 5. The van der Waals surface area contributed by atoms with Gasteiger partial charge in [0.15, 0.2) is 4.77 Å². The molecule has 2 aromatic rings. The summed E-state index contributed by atoms with van der Waals surface area (Å²) in [5, 5.41) is 7.42. The molecule has 2 heterocycles. The van der Waals surface area contributed by atoms with Crippen LogP contribution in [0, 0.1) is 4.77 Å². The van der Waals surface area contributed by atoms with Crippen LogP contribution < -0.4 is 5.32 Å². The Morgan fingerprint density at radius 2 is 1.85 bits per heavy atom. The van der Waals surface area contributed by atoms with E-state index < -0.39 is 0 Å². The molecule has 0 radical (unpaired) electrons. The van der Waals surface area contributed by atoms with Crippen molar-refractivity contribution in [1.82, 2.24) is 24.1 Å². The van der Waals surface area contributed by atoms with Gasteiger partial charge in [0.05, 0.1) is 13.2 Å². The lowest BCUT2D eigenvalue weighted by atomic mass is 10.1. The Bertz CT molecular complexity index is 822. The summed E-state index contributed by atoms with van der Waals surface area (Å²) in [5.41, 5.74) is 2.09. The second-order valence-electron chi connectivity index (χ2n) is 6.79. The van der Waals surface area contributed by atoms with E-state index in [1.165, 1.54) is 5.56 Å². The monoisotopic (exact) mass is 388 g/mol. The van der Waals surface area contributed by atoms with Gasteiger partial charge >= 0.3 is 0 Å². The summed E-state index contributed by atoms with van der Waals surface area (Å²) in [4.78, 5) is 16.9.